The second-order valence-corrected chi connectivity index (χ2v) is 7.20. The van der Waals surface area contributed by atoms with Crippen molar-refractivity contribution in [2.45, 2.75) is 19.8 Å². The molecule has 1 saturated carbocycles. The molecule has 2 unspecified atom stereocenters. The first kappa shape index (κ1) is 18.4. The molecule has 136 valence electrons. The highest BCUT2D eigenvalue weighted by atomic mass is 35.5. The summed E-state index contributed by atoms with van der Waals surface area (Å²) in [6, 6.07) is 9.22. The third kappa shape index (κ3) is 4.41. The van der Waals surface area contributed by atoms with E-state index in [2.05, 4.69) is 10.3 Å². The molecule has 2 amide bonds. The fourth-order valence-electron chi connectivity index (χ4n) is 2.99. The monoisotopic (exact) mass is 371 g/mol. The predicted molar refractivity (Wildman–Crippen MR) is 102 cm³/mol. The Morgan fingerprint density at radius 2 is 1.96 bits per heavy atom. The SMILES string of the molecule is Cc1cc(Cl)ccc1NC(=O)C1CC1C(=O)N(C)CCc1ccncc1. The van der Waals surface area contributed by atoms with Gasteiger partial charge in [0.05, 0.1) is 11.8 Å². The topological polar surface area (TPSA) is 62.3 Å². The van der Waals surface area contributed by atoms with Gasteiger partial charge in [-0.25, -0.2) is 0 Å². The van der Waals surface area contributed by atoms with Gasteiger partial charge in [0.1, 0.15) is 0 Å². The molecule has 26 heavy (non-hydrogen) atoms. The highest BCUT2D eigenvalue weighted by molar-refractivity contribution is 6.30. The average molecular weight is 372 g/mol. The van der Waals surface area contributed by atoms with Gasteiger partial charge in [0.25, 0.3) is 0 Å². The molecule has 0 saturated heterocycles. The first-order chi connectivity index (χ1) is 12.5. The van der Waals surface area contributed by atoms with Crippen LogP contribution < -0.4 is 5.32 Å². The first-order valence-corrected chi connectivity index (χ1v) is 9.04. The van der Waals surface area contributed by atoms with E-state index in [1.54, 1.807) is 42.5 Å². The maximum atomic E-state index is 12.5. The number of pyridine rings is 1. The number of nitrogens with zero attached hydrogens (tertiary/aromatic N) is 2. The number of aromatic nitrogens is 1. The number of likely N-dealkylation sites (N-methyl/N-ethyl adjacent to an activating group) is 1. The second kappa shape index (κ2) is 7.87. The van der Waals surface area contributed by atoms with Crippen molar-refractivity contribution >= 4 is 29.1 Å². The van der Waals surface area contributed by atoms with Crippen molar-refractivity contribution < 1.29 is 9.59 Å². The molecule has 1 aromatic carbocycles. The van der Waals surface area contributed by atoms with Crippen molar-refractivity contribution in [1.29, 1.82) is 0 Å². The predicted octanol–water partition coefficient (Wildman–Crippen LogP) is 3.32. The Kier molecular flexibility index (Phi) is 5.57. The van der Waals surface area contributed by atoms with E-state index in [0.29, 0.717) is 18.0 Å². The Morgan fingerprint density at radius 1 is 1.23 bits per heavy atom. The number of nitrogens with one attached hydrogen (secondary N) is 1. The summed E-state index contributed by atoms with van der Waals surface area (Å²) in [4.78, 5) is 30.6. The highest BCUT2D eigenvalue weighted by Crippen LogP contribution is 2.41. The number of aryl methyl sites for hydroxylation is 1. The van der Waals surface area contributed by atoms with Crippen LogP contribution in [0.1, 0.15) is 17.5 Å². The van der Waals surface area contributed by atoms with Crippen LogP contribution in [0.4, 0.5) is 5.69 Å². The molecule has 2 aromatic rings. The van der Waals surface area contributed by atoms with Crippen molar-refractivity contribution in [2.24, 2.45) is 11.8 Å². The maximum Gasteiger partial charge on any atom is 0.228 e. The maximum absolute atomic E-state index is 12.5. The minimum absolute atomic E-state index is 0.0343. The number of carbonyl (C=O) groups is 2. The van der Waals surface area contributed by atoms with Gasteiger partial charge in [0.2, 0.25) is 11.8 Å². The summed E-state index contributed by atoms with van der Waals surface area (Å²) < 4.78 is 0. The Morgan fingerprint density at radius 3 is 2.65 bits per heavy atom. The normalized spacial score (nSPS) is 18.3. The van der Waals surface area contributed by atoms with E-state index >= 15 is 0 Å². The molecule has 1 aromatic heterocycles. The largest absolute Gasteiger partial charge is 0.345 e. The van der Waals surface area contributed by atoms with Crippen LogP contribution in [0.3, 0.4) is 0 Å². The lowest BCUT2D eigenvalue weighted by molar-refractivity contribution is -0.132. The molecular weight excluding hydrogens is 350 g/mol. The van der Waals surface area contributed by atoms with Crippen molar-refractivity contribution in [3.8, 4) is 0 Å². The van der Waals surface area contributed by atoms with Gasteiger partial charge in [0.15, 0.2) is 0 Å². The molecule has 0 radical (unpaired) electrons. The molecule has 6 heteroatoms. The zero-order valence-electron chi connectivity index (χ0n) is 14.9. The van der Waals surface area contributed by atoms with Gasteiger partial charge in [0, 0.05) is 36.7 Å². The summed E-state index contributed by atoms with van der Waals surface area (Å²) in [5.74, 6) is -0.533. The van der Waals surface area contributed by atoms with Crippen molar-refractivity contribution in [2.75, 3.05) is 18.9 Å². The van der Waals surface area contributed by atoms with E-state index in [-0.39, 0.29) is 23.7 Å². The number of hydrogen-bond acceptors (Lipinski definition) is 3. The lowest BCUT2D eigenvalue weighted by Crippen LogP contribution is -2.31. The summed E-state index contributed by atoms with van der Waals surface area (Å²) in [7, 11) is 1.79. The summed E-state index contributed by atoms with van der Waals surface area (Å²) in [5, 5.41) is 3.54. The van der Waals surface area contributed by atoms with E-state index in [1.165, 1.54) is 0 Å². The summed E-state index contributed by atoms with van der Waals surface area (Å²) in [6.07, 6.45) is 4.88. The molecule has 3 rings (SSSR count). The molecule has 0 spiro atoms. The molecular formula is C20H22ClN3O2. The Labute approximate surface area is 158 Å². The third-order valence-electron chi connectivity index (χ3n) is 4.75. The number of carbonyl (C=O) groups excluding carboxylic acids is 2. The molecule has 0 aliphatic heterocycles. The standard InChI is InChI=1S/C20H22ClN3O2/c1-13-11-15(21)3-4-18(13)23-19(25)16-12-17(16)20(26)24(2)10-7-14-5-8-22-9-6-14/h3-6,8-9,11,16-17H,7,10,12H2,1-2H3,(H,23,25). The molecule has 1 heterocycles. The third-order valence-corrected chi connectivity index (χ3v) is 4.99. The van der Waals surface area contributed by atoms with Crippen molar-refractivity contribution in [3.63, 3.8) is 0 Å². The van der Waals surface area contributed by atoms with Crippen molar-refractivity contribution in [1.82, 2.24) is 9.88 Å². The second-order valence-electron chi connectivity index (χ2n) is 6.76. The quantitative estimate of drug-likeness (QED) is 0.847. The lowest BCUT2D eigenvalue weighted by atomic mass is 10.2. The number of amides is 2. The van der Waals surface area contributed by atoms with Crippen LogP contribution in [-0.4, -0.2) is 35.3 Å². The molecule has 1 aliphatic carbocycles. The Hall–Kier alpha value is -2.40. The van der Waals surface area contributed by atoms with Gasteiger partial charge in [-0.1, -0.05) is 11.6 Å². The lowest BCUT2D eigenvalue weighted by Gasteiger charge is -2.17. The summed E-state index contributed by atoms with van der Waals surface area (Å²) in [5.41, 5.74) is 2.79. The van der Waals surface area contributed by atoms with Crippen LogP contribution in [0.2, 0.25) is 5.02 Å². The molecule has 5 nitrogen and oxygen atoms in total. The van der Waals surface area contributed by atoms with Crippen LogP contribution in [0, 0.1) is 18.8 Å². The smallest absolute Gasteiger partial charge is 0.228 e. The summed E-state index contributed by atoms with van der Waals surface area (Å²) >= 11 is 5.94. The van der Waals surface area contributed by atoms with Gasteiger partial charge >= 0.3 is 0 Å². The molecule has 1 N–H and O–H groups in total. The highest BCUT2D eigenvalue weighted by Gasteiger charge is 2.49. The van der Waals surface area contributed by atoms with Crippen LogP contribution in [-0.2, 0) is 16.0 Å². The zero-order chi connectivity index (χ0) is 18.7. The van der Waals surface area contributed by atoms with Gasteiger partial charge in [-0.3, -0.25) is 14.6 Å². The fourth-order valence-corrected chi connectivity index (χ4v) is 3.22. The minimum atomic E-state index is -0.249. The van der Waals surface area contributed by atoms with Gasteiger partial charge in [-0.15, -0.1) is 0 Å². The van der Waals surface area contributed by atoms with Gasteiger partial charge in [-0.05, 0) is 61.2 Å². The minimum Gasteiger partial charge on any atom is -0.345 e. The van der Waals surface area contributed by atoms with Gasteiger partial charge < -0.3 is 10.2 Å². The van der Waals surface area contributed by atoms with Crippen LogP contribution in [0.5, 0.6) is 0 Å². The number of anilines is 1. The average Bonchev–Trinajstić information content (AvgIpc) is 3.43. The number of rotatable bonds is 6. The van der Waals surface area contributed by atoms with E-state index in [0.717, 1.165) is 23.2 Å². The number of benzene rings is 1. The first-order valence-electron chi connectivity index (χ1n) is 8.66. The molecule has 2 atom stereocenters. The molecule has 0 bridgehead atoms. The van der Waals surface area contributed by atoms with Crippen LogP contribution >= 0.6 is 11.6 Å². The van der Waals surface area contributed by atoms with E-state index < -0.39 is 0 Å². The molecule has 1 fully saturated rings. The Bertz CT molecular complexity index is 810. The number of hydrogen-bond donors (Lipinski definition) is 1. The van der Waals surface area contributed by atoms with E-state index in [1.807, 2.05) is 19.1 Å². The zero-order valence-corrected chi connectivity index (χ0v) is 15.7. The summed E-state index contributed by atoms with van der Waals surface area (Å²) in [6.45, 7) is 2.52. The van der Waals surface area contributed by atoms with Crippen LogP contribution in [0.25, 0.3) is 0 Å². The van der Waals surface area contributed by atoms with Crippen LogP contribution in [0.15, 0.2) is 42.7 Å². The Balaban J connectivity index is 1.50. The van der Waals surface area contributed by atoms with E-state index in [9.17, 15) is 9.59 Å². The van der Waals surface area contributed by atoms with E-state index in [4.69, 9.17) is 11.6 Å². The molecule has 1 aliphatic rings. The fraction of sp³-hybridized carbons (Fsp3) is 0.350. The van der Waals surface area contributed by atoms with Crippen molar-refractivity contribution in [3.05, 3.63) is 58.9 Å². The number of halogens is 1. The van der Waals surface area contributed by atoms with Gasteiger partial charge in [-0.2, -0.15) is 0 Å².